The van der Waals surface area contributed by atoms with Crippen molar-refractivity contribution in [3.8, 4) is 0 Å². The summed E-state index contributed by atoms with van der Waals surface area (Å²) in [4.78, 5) is 11.8. The van der Waals surface area contributed by atoms with Crippen LogP contribution in [0.25, 0.3) is 0 Å². The van der Waals surface area contributed by atoms with E-state index >= 15 is 0 Å². The zero-order valence-electron chi connectivity index (χ0n) is 10.2. The Labute approximate surface area is 92.8 Å². The second kappa shape index (κ2) is 4.97. The minimum absolute atomic E-state index is 0.0326. The van der Waals surface area contributed by atoms with Gasteiger partial charge in [-0.2, -0.15) is 0 Å². The maximum Gasteiger partial charge on any atom is 0.237 e. The highest BCUT2D eigenvalue weighted by Gasteiger charge is 2.37. The second-order valence-corrected chi connectivity index (χ2v) is 5.21. The number of hydrogen-bond donors (Lipinski definition) is 2. The van der Waals surface area contributed by atoms with Crippen molar-refractivity contribution in [3.63, 3.8) is 0 Å². The summed E-state index contributed by atoms with van der Waals surface area (Å²) >= 11 is 0. The molecule has 0 aromatic carbocycles. The van der Waals surface area contributed by atoms with Gasteiger partial charge in [0.15, 0.2) is 0 Å². The Balaban J connectivity index is 2.40. The third-order valence-electron chi connectivity index (χ3n) is 3.44. The minimum atomic E-state index is -0.339. The lowest BCUT2D eigenvalue weighted by atomic mass is 9.74. The SMILES string of the molecule is CCC1(NC(=O)[C@@H](N)CC(C)C)CCC1. The van der Waals surface area contributed by atoms with Crippen molar-refractivity contribution in [3.05, 3.63) is 0 Å². The van der Waals surface area contributed by atoms with Crippen molar-refractivity contribution in [2.75, 3.05) is 0 Å². The fraction of sp³-hybridized carbons (Fsp3) is 0.917. The lowest BCUT2D eigenvalue weighted by molar-refractivity contribution is -0.125. The predicted octanol–water partition coefficient (Wildman–Crippen LogP) is 1.81. The van der Waals surface area contributed by atoms with Crippen LogP contribution in [0.15, 0.2) is 0 Å². The van der Waals surface area contributed by atoms with Crippen LogP contribution in [0, 0.1) is 5.92 Å². The number of amides is 1. The summed E-state index contributed by atoms with van der Waals surface area (Å²) in [5.41, 5.74) is 5.92. The molecule has 1 atom stereocenters. The molecule has 0 radical (unpaired) electrons. The van der Waals surface area contributed by atoms with Crippen LogP contribution in [0.3, 0.4) is 0 Å². The highest BCUT2D eigenvalue weighted by Crippen LogP contribution is 2.34. The first-order valence-electron chi connectivity index (χ1n) is 6.07. The van der Waals surface area contributed by atoms with E-state index in [1.54, 1.807) is 0 Å². The summed E-state index contributed by atoms with van der Waals surface area (Å²) in [6.45, 7) is 6.31. The van der Waals surface area contributed by atoms with E-state index in [0.717, 1.165) is 25.7 Å². The molecule has 3 N–H and O–H groups in total. The summed E-state index contributed by atoms with van der Waals surface area (Å²) in [7, 11) is 0. The smallest absolute Gasteiger partial charge is 0.237 e. The molecule has 88 valence electrons. The van der Waals surface area contributed by atoms with E-state index in [0.29, 0.717) is 5.92 Å². The van der Waals surface area contributed by atoms with E-state index in [4.69, 9.17) is 5.73 Å². The molecular formula is C12H24N2O. The van der Waals surface area contributed by atoms with Crippen LogP contribution in [0.5, 0.6) is 0 Å². The van der Waals surface area contributed by atoms with Gasteiger partial charge in [-0.3, -0.25) is 4.79 Å². The molecule has 15 heavy (non-hydrogen) atoms. The molecule has 0 heterocycles. The third kappa shape index (κ3) is 3.20. The number of carbonyl (C=O) groups is 1. The highest BCUT2D eigenvalue weighted by molar-refractivity contribution is 5.82. The maximum absolute atomic E-state index is 11.8. The van der Waals surface area contributed by atoms with Crippen molar-refractivity contribution in [1.29, 1.82) is 0 Å². The van der Waals surface area contributed by atoms with Crippen LogP contribution in [0.2, 0.25) is 0 Å². The number of hydrogen-bond acceptors (Lipinski definition) is 2. The minimum Gasteiger partial charge on any atom is -0.349 e. The van der Waals surface area contributed by atoms with Gasteiger partial charge in [0.05, 0.1) is 6.04 Å². The Morgan fingerprint density at radius 2 is 2.07 bits per heavy atom. The van der Waals surface area contributed by atoms with Crippen LogP contribution < -0.4 is 11.1 Å². The molecule has 0 unspecified atom stereocenters. The summed E-state index contributed by atoms with van der Waals surface area (Å²) in [5, 5.41) is 3.12. The van der Waals surface area contributed by atoms with Gasteiger partial charge < -0.3 is 11.1 Å². The quantitative estimate of drug-likeness (QED) is 0.730. The van der Waals surface area contributed by atoms with Gasteiger partial charge in [0.1, 0.15) is 0 Å². The van der Waals surface area contributed by atoms with Gasteiger partial charge in [-0.1, -0.05) is 20.8 Å². The van der Waals surface area contributed by atoms with Crippen molar-refractivity contribution < 1.29 is 4.79 Å². The molecule has 1 aliphatic rings. The molecule has 0 spiro atoms. The van der Waals surface area contributed by atoms with Gasteiger partial charge in [0.25, 0.3) is 0 Å². The van der Waals surface area contributed by atoms with Crippen molar-refractivity contribution in [2.45, 2.75) is 64.5 Å². The fourth-order valence-electron chi connectivity index (χ4n) is 2.14. The Bertz CT molecular complexity index is 216. The standard InChI is InChI=1S/C12H24N2O/c1-4-12(6-5-7-12)14-11(15)10(13)8-9(2)3/h9-10H,4-8,13H2,1-3H3,(H,14,15)/t10-/m0/s1. The first kappa shape index (κ1) is 12.5. The van der Waals surface area contributed by atoms with Gasteiger partial charge in [0, 0.05) is 5.54 Å². The molecule has 0 aliphatic heterocycles. The summed E-state index contributed by atoms with van der Waals surface area (Å²) in [6.07, 6.45) is 5.25. The van der Waals surface area contributed by atoms with Crippen LogP contribution in [-0.2, 0) is 4.79 Å². The summed E-state index contributed by atoms with van der Waals surface area (Å²) in [6, 6.07) is -0.339. The van der Waals surface area contributed by atoms with E-state index in [9.17, 15) is 4.79 Å². The number of rotatable bonds is 5. The molecule has 1 aliphatic carbocycles. The van der Waals surface area contributed by atoms with Gasteiger partial charge in [-0.25, -0.2) is 0 Å². The van der Waals surface area contributed by atoms with Crippen LogP contribution >= 0.6 is 0 Å². The Hall–Kier alpha value is -0.570. The molecule has 0 aromatic rings. The van der Waals surface area contributed by atoms with Gasteiger partial charge >= 0.3 is 0 Å². The molecule has 0 bridgehead atoms. The molecular weight excluding hydrogens is 188 g/mol. The largest absolute Gasteiger partial charge is 0.349 e. The van der Waals surface area contributed by atoms with Crippen LogP contribution in [-0.4, -0.2) is 17.5 Å². The summed E-state index contributed by atoms with van der Waals surface area (Å²) in [5.74, 6) is 0.509. The topological polar surface area (TPSA) is 55.1 Å². The molecule has 0 saturated heterocycles. The van der Waals surface area contributed by atoms with Gasteiger partial charge in [-0.15, -0.1) is 0 Å². The second-order valence-electron chi connectivity index (χ2n) is 5.21. The Morgan fingerprint density at radius 1 is 1.47 bits per heavy atom. The third-order valence-corrected chi connectivity index (χ3v) is 3.44. The zero-order chi connectivity index (χ0) is 11.5. The lowest BCUT2D eigenvalue weighted by Gasteiger charge is -2.42. The molecule has 0 aromatic heterocycles. The normalized spacial score (nSPS) is 20.9. The maximum atomic E-state index is 11.8. The molecule has 1 fully saturated rings. The Morgan fingerprint density at radius 3 is 2.40 bits per heavy atom. The molecule has 3 heteroatoms. The number of nitrogens with one attached hydrogen (secondary N) is 1. The van der Waals surface area contributed by atoms with Crippen molar-refractivity contribution >= 4 is 5.91 Å². The molecule has 3 nitrogen and oxygen atoms in total. The van der Waals surface area contributed by atoms with E-state index in [1.807, 2.05) is 0 Å². The monoisotopic (exact) mass is 212 g/mol. The number of nitrogens with two attached hydrogens (primary N) is 1. The average molecular weight is 212 g/mol. The average Bonchev–Trinajstić information content (AvgIpc) is 2.09. The fourth-order valence-corrected chi connectivity index (χ4v) is 2.14. The van der Waals surface area contributed by atoms with Gasteiger partial charge in [0.2, 0.25) is 5.91 Å². The Kier molecular flexibility index (Phi) is 4.14. The van der Waals surface area contributed by atoms with Crippen LogP contribution in [0.4, 0.5) is 0 Å². The first-order valence-corrected chi connectivity index (χ1v) is 6.07. The van der Waals surface area contributed by atoms with E-state index in [-0.39, 0.29) is 17.5 Å². The highest BCUT2D eigenvalue weighted by atomic mass is 16.2. The molecule has 1 saturated carbocycles. The van der Waals surface area contributed by atoms with Crippen molar-refractivity contribution in [1.82, 2.24) is 5.32 Å². The predicted molar refractivity (Wildman–Crippen MR) is 62.4 cm³/mol. The summed E-state index contributed by atoms with van der Waals surface area (Å²) < 4.78 is 0. The number of carbonyl (C=O) groups excluding carboxylic acids is 1. The zero-order valence-corrected chi connectivity index (χ0v) is 10.2. The van der Waals surface area contributed by atoms with E-state index in [2.05, 4.69) is 26.1 Å². The van der Waals surface area contributed by atoms with E-state index < -0.39 is 0 Å². The van der Waals surface area contributed by atoms with Crippen LogP contribution in [0.1, 0.15) is 52.9 Å². The van der Waals surface area contributed by atoms with Gasteiger partial charge in [-0.05, 0) is 38.0 Å². The molecule has 1 amide bonds. The first-order chi connectivity index (χ1) is 6.99. The van der Waals surface area contributed by atoms with E-state index in [1.165, 1.54) is 6.42 Å². The molecule has 1 rings (SSSR count). The van der Waals surface area contributed by atoms with Crippen molar-refractivity contribution in [2.24, 2.45) is 11.7 Å². The lowest BCUT2D eigenvalue weighted by Crippen LogP contribution is -2.57.